The number of alkyl halides is 3. The van der Waals surface area contributed by atoms with Gasteiger partial charge >= 0.3 is 15.6 Å². The molecule has 10 heteroatoms. The molecule has 5 nitrogen and oxygen atoms in total. The van der Waals surface area contributed by atoms with Crippen molar-refractivity contribution in [2.45, 2.75) is 15.3 Å². The molecule has 0 unspecified atom stereocenters. The Balaban J connectivity index is 2.13. The summed E-state index contributed by atoms with van der Waals surface area (Å²) in [6.07, 6.45) is 1.84. The number of carbonyl (C=O) groups excluding carboxylic acids is 1. The summed E-state index contributed by atoms with van der Waals surface area (Å²) in [5, 5.41) is 0. The molecule has 0 radical (unpaired) electrons. The van der Waals surface area contributed by atoms with Crippen molar-refractivity contribution in [1.82, 2.24) is 0 Å². The lowest BCUT2D eigenvalue weighted by atomic mass is 10.3. The van der Waals surface area contributed by atoms with Crippen molar-refractivity contribution in [2.75, 3.05) is 0 Å². The highest BCUT2D eigenvalue weighted by atomic mass is 32.2. The van der Waals surface area contributed by atoms with Crippen LogP contribution in [0.4, 0.5) is 13.2 Å². The molecule has 0 saturated carbocycles. The maximum atomic E-state index is 12.2. The third-order valence-electron chi connectivity index (χ3n) is 2.31. The lowest BCUT2D eigenvalue weighted by Gasteiger charge is -2.09. The summed E-state index contributed by atoms with van der Waals surface area (Å²) in [6.45, 7) is 0. The SMILES string of the molecule is O=Cc1occc1Sc1ccc(OS(=O)(=O)C(F)(F)F)cc1. The van der Waals surface area contributed by atoms with E-state index >= 15 is 0 Å². The maximum Gasteiger partial charge on any atom is 0.534 e. The smallest absolute Gasteiger partial charge is 0.460 e. The molecule has 2 rings (SSSR count). The Morgan fingerprint density at radius 3 is 2.32 bits per heavy atom. The monoisotopic (exact) mass is 352 g/mol. The summed E-state index contributed by atoms with van der Waals surface area (Å²) in [5.41, 5.74) is -5.49. The van der Waals surface area contributed by atoms with Crippen molar-refractivity contribution < 1.29 is 35.0 Å². The van der Waals surface area contributed by atoms with E-state index in [0.29, 0.717) is 16.1 Å². The van der Waals surface area contributed by atoms with Crippen LogP contribution in [0.15, 0.2) is 50.8 Å². The Labute approximate surface area is 127 Å². The van der Waals surface area contributed by atoms with Crippen LogP contribution in [0.1, 0.15) is 10.6 Å². The third-order valence-corrected chi connectivity index (χ3v) is 4.35. The van der Waals surface area contributed by atoms with Crippen LogP contribution in [0.3, 0.4) is 0 Å². The summed E-state index contributed by atoms with van der Waals surface area (Å²) in [5.74, 6) is -0.352. The average molecular weight is 352 g/mol. The Kier molecular flexibility index (Phi) is 4.52. The number of hydrogen-bond acceptors (Lipinski definition) is 6. The van der Waals surface area contributed by atoms with Gasteiger partial charge in [-0.3, -0.25) is 4.79 Å². The van der Waals surface area contributed by atoms with Crippen LogP contribution in [-0.2, 0) is 10.1 Å². The minimum absolute atomic E-state index is 0.116. The molecule has 0 amide bonds. The number of furan rings is 1. The van der Waals surface area contributed by atoms with Gasteiger partial charge in [-0.05, 0) is 30.3 Å². The van der Waals surface area contributed by atoms with Crippen LogP contribution < -0.4 is 4.18 Å². The first-order chi connectivity index (χ1) is 10.2. The van der Waals surface area contributed by atoms with Gasteiger partial charge in [-0.1, -0.05) is 11.8 Å². The molecule has 2 aromatic rings. The van der Waals surface area contributed by atoms with Gasteiger partial charge in [0, 0.05) is 4.90 Å². The molecule has 0 spiro atoms. The van der Waals surface area contributed by atoms with Gasteiger partial charge in [0.2, 0.25) is 0 Å². The van der Waals surface area contributed by atoms with Crippen molar-refractivity contribution in [3.8, 4) is 5.75 Å². The highest BCUT2D eigenvalue weighted by Crippen LogP contribution is 2.32. The van der Waals surface area contributed by atoms with E-state index in [-0.39, 0.29) is 5.76 Å². The number of halogens is 3. The van der Waals surface area contributed by atoms with Crippen molar-refractivity contribution in [1.29, 1.82) is 0 Å². The predicted molar refractivity (Wildman–Crippen MR) is 70.3 cm³/mol. The molecular formula is C12H7F3O5S2. The zero-order valence-corrected chi connectivity index (χ0v) is 12.2. The zero-order valence-electron chi connectivity index (χ0n) is 10.5. The molecule has 0 bridgehead atoms. The van der Waals surface area contributed by atoms with E-state index in [0.717, 1.165) is 23.9 Å². The van der Waals surface area contributed by atoms with Gasteiger partial charge in [-0.2, -0.15) is 21.6 Å². The molecule has 0 saturated heterocycles. The van der Waals surface area contributed by atoms with Gasteiger partial charge in [0.25, 0.3) is 0 Å². The summed E-state index contributed by atoms with van der Waals surface area (Å²) >= 11 is 1.13. The van der Waals surface area contributed by atoms with Crippen molar-refractivity contribution in [3.63, 3.8) is 0 Å². The van der Waals surface area contributed by atoms with E-state index in [9.17, 15) is 26.4 Å². The fourth-order valence-corrected chi connectivity index (χ4v) is 2.65. The molecule has 0 aliphatic rings. The molecule has 0 N–H and O–H groups in total. The van der Waals surface area contributed by atoms with Crippen LogP contribution >= 0.6 is 11.8 Å². The normalized spacial score (nSPS) is 12.1. The molecule has 118 valence electrons. The molecule has 0 atom stereocenters. The Hall–Kier alpha value is -1.94. The van der Waals surface area contributed by atoms with Gasteiger partial charge in [0.05, 0.1) is 11.2 Å². The fourth-order valence-electron chi connectivity index (χ4n) is 1.34. The molecule has 1 aromatic heterocycles. The largest absolute Gasteiger partial charge is 0.534 e. The fraction of sp³-hybridized carbons (Fsp3) is 0.0833. The van der Waals surface area contributed by atoms with E-state index in [4.69, 9.17) is 4.42 Å². The Morgan fingerprint density at radius 2 is 1.77 bits per heavy atom. The third kappa shape index (κ3) is 3.63. The number of rotatable bonds is 5. The van der Waals surface area contributed by atoms with E-state index in [1.807, 2.05) is 0 Å². The molecule has 22 heavy (non-hydrogen) atoms. The molecule has 0 aliphatic carbocycles. The van der Waals surface area contributed by atoms with E-state index in [1.165, 1.54) is 18.4 Å². The number of carbonyl (C=O) groups is 1. The van der Waals surface area contributed by atoms with Crippen LogP contribution in [0, 0.1) is 0 Å². The van der Waals surface area contributed by atoms with E-state index in [1.54, 1.807) is 6.07 Å². The molecule has 0 fully saturated rings. The van der Waals surface area contributed by atoms with Crippen molar-refractivity contribution in [2.24, 2.45) is 0 Å². The maximum absolute atomic E-state index is 12.2. The molecule has 0 aliphatic heterocycles. The first kappa shape index (κ1) is 16.4. The number of hydrogen-bond donors (Lipinski definition) is 0. The van der Waals surface area contributed by atoms with Crippen molar-refractivity contribution in [3.05, 3.63) is 42.4 Å². The summed E-state index contributed by atoms with van der Waals surface area (Å²) in [7, 11) is -5.69. The lowest BCUT2D eigenvalue weighted by molar-refractivity contribution is -0.0500. The standard InChI is InChI=1S/C12H7F3O5S2/c13-12(14,15)22(17,18)20-8-1-3-9(4-2-8)21-11-5-6-19-10(11)7-16/h1-7H. The first-order valence-corrected chi connectivity index (χ1v) is 7.77. The van der Waals surface area contributed by atoms with Gasteiger partial charge < -0.3 is 8.60 Å². The minimum Gasteiger partial charge on any atom is -0.460 e. The van der Waals surface area contributed by atoms with Gasteiger partial charge in [0.1, 0.15) is 5.75 Å². The number of benzene rings is 1. The highest BCUT2D eigenvalue weighted by Gasteiger charge is 2.48. The van der Waals surface area contributed by atoms with E-state index < -0.39 is 21.4 Å². The van der Waals surface area contributed by atoms with Gasteiger partial charge in [0.15, 0.2) is 12.0 Å². The first-order valence-electron chi connectivity index (χ1n) is 5.54. The van der Waals surface area contributed by atoms with Crippen LogP contribution in [0.5, 0.6) is 5.75 Å². The second-order valence-electron chi connectivity index (χ2n) is 3.82. The summed E-state index contributed by atoms with van der Waals surface area (Å²) in [6, 6.07) is 6.41. The second-order valence-corrected chi connectivity index (χ2v) is 6.48. The minimum atomic E-state index is -5.69. The average Bonchev–Trinajstić information content (AvgIpc) is 2.86. The van der Waals surface area contributed by atoms with Gasteiger partial charge in [-0.15, -0.1) is 0 Å². The quantitative estimate of drug-likeness (QED) is 0.466. The zero-order chi connectivity index (χ0) is 16.4. The lowest BCUT2D eigenvalue weighted by Crippen LogP contribution is -2.27. The van der Waals surface area contributed by atoms with Crippen LogP contribution in [-0.4, -0.2) is 20.2 Å². The van der Waals surface area contributed by atoms with Gasteiger partial charge in [-0.25, -0.2) is 0 Å². The highest BCUT2D eigenvalue weighted by molar-refractivity contribution is 7.99. The Bertz CT molecular complexity index is 763. The summed E-state index contributed by atoms with van der Waals surface area (Å²) < 4.78 is 67.1. The topological polar surface area (TPSA) is 73.6 Å². The van der Waals surface area contributed by atoms with Crippen molar-refractivity contribution >= 4 is 28.2 Å². The molecular weight excluding hydrogens is 345 g/mol. The van der Waals surface area contributed by atoms with Crippen LogP contribution in [0.2, 0.25) is 0 Å². The molecule has 1 heterocycles. The second kappa shape index (κ2) is 6.05. The van der Waals surface area contributed by atoms with E-state index in [2.05, 4.69) is 4.18 Å². The number of aldehydes is 1. The van der Waals surface area contributed by atoms with Crippen LogP contribution in [0.25, 0.3) is 0 Å². The summed E-state index contributed by atoms with van der Waals surface area (Å²) in [4.78, 5) is 11.8. The predicted octanol–water partition coefficient (Wildman–Crippen LogP) is 3.47. The molecule has 1 aromatic carbocycles. The Morgan fingerprint density at radius 1 is 1.14 bits per heavy atom.